The lowest BCUT2D eigenvalue weighted by Crippen LogP contribution is -2.32. The lowest BCUT2D eigenvalue weighted by Gasteiger charge is -2.16. The van der Waals surface area contributed by atoms with Gasteiger partial charge in [-0.15, -0.1) is 0 Å². The van der Waals surface area contributed by atoms with Crippen molar-refractivity contribution in [3.8, 4) is 0 Å². The molecule has 2 aromatic carbocycles. The van der Waals surface area contributed by atoms with Crippen LogP contribution in [0.4, 0.5) is 11.4 Å². The summed E-state index contributed by atoms with van der Waals surface area (Å²) in [5, 5.41) is 3.29. The number of carbonyl (C=O) groups is 2. The van der Waals surface area contributed by atoms with Crippen LogP contribution in [0.2, 0.25) is 5.02 Å². The van der Waals surface area contributed by atoms with Crippen molar-refractivity contribution in [1.82, 2.24) is 0 Å². The molecular formula is C19H16Cl2N2O2. The first-order valence-corrected chi connectivity index (χ1v) is 8.58. The Labute approximate surface area is 156 Å². The van der Waals surface area contributed by atoms with Crippen molar-refractivity contribution in [3.05, 3.63) is 69.3 Å². The monoisotopic (exact) mass is 374 g/mol. The van der Waals surface area contributed by atoms with Gasteiger partial charge in [0.1, 0.15) is 10.7 Å². The molecule has 1 N–H and O–H groups in total. The maximum Gasteiger partial charge on any atom is 0.283 e. The Morgan fingerprint density at radius 3 is 2.28 bits per heavy atom. The number of nitrogens with zero attached hydrogens (tertiary/aromatic N) is 1. The Kier molecular flexibility index (Phi) is 4.84. The van der Waals surface area contributed by atoms with E-state index in [2.05, 4.69) is 12.2 Å². The van der Waals surface area contributed by atoms with Crippen molar-refractivity contribution in [2.45, 2.75) is 20.3 Å². The van der Waals surface area contributed by atoms with Crippen molar-refractivity contribution < 1.29 is 9.59 Å². The van der Waals surface area contributed by atoms with Gasteiger partial charge in [0, 0.05) is 10.7 Å². The van der Waals surface area contributed by atoms with Crippen LogP contribution in [0.1, 0.15) is 18.1 Å². The first-order chi connectivity index (χ1) is 11.9. The van der Waals surface area contributed by atoms with Gasteiger partial charge in [0.05, 0.1) is 5.69 Å². The van der Waals surface area contributed by atoms with Gasteiger partial charge >= 0.3 is 0 Å². The zero-order valence-corrected chi connectivity index (χ0v) is 15.3. The average molecular weight is 375 g/mol. The van der Waals surface area contributed by atoms with Crippen LogP contribution in [0, 0.1) is 6.92 Å². The molecule has 0 aromatic heterocycles. The molecule has 0 bridgehead atoms. The van der Waals surface area contributed by atoms with E-state index in [9.17, 15) is 9.59 Å². The fourth-order valence-corrected chi connectivity index (χ4v) is 2.92. The topological polar surface area (TPSA) is 49.4 Å². The van der Waals surface area contributed by atoms with E-state index in [1.165, 1.54) is 5.56 Å². The van der Waals surface area contributed by atoms with Gasteiger partial charge in [-0.25, -0.2) is 4.90 Å². The molecule has 2 amide bonds. The largest absolute Gasteiger partial charge is 0.350 e. The van der Waals surface area contributed by atoms with E-state index in [4.69, 9.17) is 23.2 Å². The predicted molar refractivity (Wildman–Crippen MR) is 101 cm³/mol. The molecular weight excluding hydrogens is 359 g/mol. The summed E-state index contributed by atoms with van der Waals surface area (Å²) < 4.78 is 0. The number of hydrogen-bond donors (Lipinski definition) is 1. The van der Waals surface area contributed by atoms with Gasteiger partial charge < -0.3 is 5.32 Å². The first kappa shape index (κ1) is 17.5. The maximum atomic E-state index is 12.7. The number of nitrogens with one attached hydrogen (secondary N) is 1. The first-order valence-electron chi connectivity index (χ1n) is 7.83. The van der Waals surface area contributed by atoms with Crippen LogP contribution in [0.15, 0.2) is 53.2 Å². The van der Waals surface area contributed by atoms with E-state index < -0.39 is 11.8 Å². The summed E-state index contributed by atoms with van der Waals surface area (Å²) in [6.45, 7) is 3.91. The van der Waals surface area contributed by atoms with Crippen molar-refractivity contribution >= 4 is 46.4 Å². The highest BCUT2D eigenvalue weighted by Crippen LogP contribution is 2.32. The molecule has 1 heterocycles. The van der Waals surface area contributed by atoms with Gasteiger partial charge in [-0.3, -0.25) is 9.59 Å². The molecule has 0 atom stereocenters. The lowest BCUT2D eigenvalue weighted by molar-refractivity contribution is -0.120. The summed E-state index contributed by atoms with van der Waals surface area (Å²) in [6.07, 6.45) is 0.920. The highest BCUT2D eigenvalue weighted by atomic mass is 35.5. The van der Waals surface area contributed by atoms with Gasteiger partial charge in [-0.1, -0.05) is 48.3 Å². The SMILES string of the molecule is CCc1ccc(NC2=C(Cl)C(=O)N(c3ccc(C)c(Cl)c3)C2=O)cc1. The second-order valence-electron chi connectivity index (χ2n) is 5.74. The minimum Gasteiger partial charge on any atom is -0.350 e. The Morgan fingerprint density at radius 1 is 1.00 bits per heavy atom. The van der Waals surface area contributed by atoms with Gasteiger partial charge in [0.15, 0.2) is 0 Å². The van der Waals surface area contributed by atoms with Gasteiger partial charge in [0.25, 0.3) is 11.8 Å². The molecule has 6 heteroatoms. The number of amides is 2. The zero-order chi connectivity index (χ0) is 18.1. The number of rotatable bonds is 4. The molecule has 0 aliphatic carbocycles. The van der Waals surface area contributed by atoms with Gasteiger partial charge in [-0.05, 0) is 48.7 Å². The highest BCUT2D eigenvalue weighted by Gasteiger charge is 2.39. The molecule has 0 radical (unpaired) electrons. The second-order valence-corrected chi connectivity index (χ2v) is 6.53. The molecule has 25 heavy (non-hydrogen) atoms. The predicted octanol–water partition coefficient (Wildman–Crippen LogP) is 4.65. The van der Waals surface area contributed by atoms with Crippen LogP contribution in [0.25, 0.3) is 0 Å². The van der Waals surface area contributed by atoms with Crippen molar-refractivity contribution in [2.24, 2.45) is 0 Å². The molecule has 4 nitrogen and oxygen atoms in total. The Morgan fingerprint density at radius 2 is 1.68 bits per heavy atom. The number of halogens is 2. The maximum absolute atomic E-state index is 12.7. The van der Waals surface area contributed by atoms with E-state index >= 15 is 0 Å². The zero-order valence-electron chi connectivity index (χ0n) is 13.8. The normalized spacial score (nSPS) is 14.5. The molecule has 1 aliphatic heterocycles. The number of hydrogen-bond acceptors (Lipinski definition) is 3. The van der Waals surface area contributed by atoms with Crippen LogP contribution in [-0.4, -0.2) is 11.8 Å². The number of benzene rings is 2. The molecule has 3 rings (SSSR count). The minimum atomic E-state index is -0.570. The van der Waals surface area contributed by atoms with E-state index in [0.29, 0.717) is 16.4 Å². The minimum absolute atomic E-state index is 0.0626. The second kappa shape index (κ2) is 6.90. The number of carbonyl (C=O) groups excluding carboxylic acids is 2. The van der Waals surface area contributed by atoms with Crippen LogP contribution < -0.4 is 10.2 Å². The fraction of sp³-hybridized carbons (Fsp3) is 0.158. The molecule has 2 aromatic rings. The van der Waals surface area contributed by atoms with E-state index in [-0.39, 0.29) is 10.7 Å². The molecule has 0 spiro atoms. The Balaban J connectivity index is 1.89. The Bertz CT molecular complexity index is 889. The molecule has 1 aliphatic rings. The third kappa shape index (κ3) is 3.28. The van der Waals surface area contributed by atoms with Crippen LogP contribution in [0.3, 0.4) is 0 Å². The standard InChI is InChI=1S/C19H16Cl2N2O2/c1-3-12-5-7-13(8-6-12)22-17-16(21)18(24)23(19(17)25)14-9-4-11(2)15(20)10-14/h4-10,22H,3H2,1-2H3. The number of anilines is 2. The van der Waals surface area contributed by atoms with Crippen LogP contribution >= 0.6 is 23.2 Å². The van der Waals surface area contributed by atoms with Gasteiger partial charge in [0.2, 0.25) is 0 Å². The fourth-order valence-electron chi connectivity index (χ4n) is 2.53. The molecule has 0 saturated heterocycles. The van der Waals surface area contributed by atoms with E-state index in [0.717, 1.165) is 16.9 Å². The summed E-state index contributed by atoms with van der Waals surface area (Å²) in [7, 11) is 0. The summed E-state index contributed by atoms with van der Waals surface area (Å²) in [6, 6.07) is 12.6. The molecule has 0 saturated carbocycles. The Hall–Kier alpha value is -2.30. The van der Waals surface area contributed by atoms with E-state index in [1.54, 1.807) is 18.2 Å². The smallest absolute Gasteiger partial charge is 0.283 e. The third-order valence-corrected chi connectivity index (χ3v) is 4.83. The molecule has 0 unspecified atom stereocenters. The molecule has 0 fully saturated rings. The van der Waals surface area contributed by atoms with Gasteiger partial charge in [-0.2, -0.15) is 0 Å². The number of imide groups is 1. The lowest BCUT2D eigenvalue weighted by atomic mass is 10.1. The summed E-state index contributed by atoms with van der Waals surface area (Å²) in [5.41, 5.74) is 3.18. The van der Waals surface area contributed by atoms with Crippen LogP contribution in [-0.2, 0) is 16.0 Å². The third-order valence-electron chi connectivity index (χ3n) is 4.07. The van der Waals surface area contributed by atoms with E-state index in [1.807, 2.05) is 31.2 Å². The summed E-state index contributed by atoms with van der Waals surface area (Å²) >= 11 is 12.2. The van der Waals surface area contributed by atoms with Crippen molar-refractivity contribution in [3.63, 3.8) is 0 Å². The summed E-state index contributed by atoms with van der Waals surface area (Å²) in [5.74, 6) is -1.08. The van der Waals surface area contributed by atoms with Crippen molar-refractivity contribution in [1.29, 1.82) is 0 Å². The quantitative estimate of drug-likeness (QED) is 0.792. The number of aryl methyl sites for hydroxylation is 2. The average Bonchev–Trinajstić information content (AvgIpc) is 2.82. The van der Waals surface area contributed by atoms with Crippen molar-refractivity contribution in [2.75, 3.05) is 10.2 Å². The van der Waals surface area contributed by atoms with Crippen LogP contribution in [0.5, 0.6) is 0 Å². The summed E-state index contributed by atoms with van der Waals surface area (Å²) in [4.78, 5) is 26.2. The molecule has 128 valence electrons. The highest BCUT2D eigenvalue weighted by molar-refractivity contribution is 6.53.